The lowest BCUT2D eigenvalue weighted by molar-refractivity contribution is 1.12. The molecule has 0 aliphatic carbocycles. The van der Waals surface area contributed by atoms with E-state index >= 15 is 0 Å². The third-order valence-electron chi connectivity index (χ3n) is 3.20. The molecule has 2 N–H and O–H groups in total. The number of hydrogen-bond acceptors (Lipinski definition) is 5. The highest BCUT2D eigenvalue weighted by molar-refractivity contribution is 7.00. The summed E-state index contributed by atoms with van der Waals surface area (Å²) in [5.74, 6) is 0.858. The van der Waals surface area contributed by atoms with E-state index < -0.39 is 0 Å². The number of aromatic amines is 1. The van der Waals surface area contributed by atoms with Gasteiger partial charge in [-0.25, -0.2) is 4.98 Å². The van der Waals surface area contributed by atoms with Crippen molar-refractivity contribution in [1.29, 1.82) is 0 Å². The molecule has 6 heteroatoms. The molecule has 0 amide bonds. The summed E-state index contributed by atoms with van der Waals surface area (Å²) in [4.78, 5) is 7.62. The Morgan fingerprint density at radius 1 is 1.05 bits per heavy atom. The highest BCUT2D eigenvalue weighted by atomic mass is 32.1. The number of aromatic nitrogens is 4. The Bertz CT molecular complexity index is 805. The van der Waals surface area contributed by atoms with E-state index in [1.807, 2.05) is 24.4 Å². The fourth-order valence-corrected chi connectivity index (χ4v) is 2.68. The van der Waals surface area contributed by atoms with Gasteiger partial charge in [0.05, 0.1) is 11.7 Å². The van der Waals surface area contributed by atoms with Crippen LogP contribution in [0.5, 0.6) is 0 Å². The van der Waals surface area contributed by atoms with Gasteiger partial charge in [0.1, 0.15) is 22.5 Å². The zero-order chi connectivity index (χ0) is 13.4. The first-order chi connectivity index (χ1) is 9.88. The molecule has 0 bridgehead atoms. The molecule has 0 radical (unpaired) electrons. The van der Waals surface area contributed by atoms with Gasteiger partial charge >= 0.3 is 0 Å². The Hall–Kier alpha value is -2.47. The number of nitrogens with one attached hydrogen (secondary N) is 2. The minimum absolute atomic E-state index is 0.715. The van der Waals surface area contributed by atoms with Crippen LogP contribution in [0.1, 0.15) is 5.56 Å². The summed E-state index contributed by atoms with van der Waals surface area (Å²) < 4.78 is 8.45. The summed E-state index contributed by atoms with van der Waals surface area (Å²) in [5, 5.41) is 4.44. The van der Waals surface area contributed by atoms with Gasteiger partial charge in [-0.1, -0.05) is 6.07 Å². The van der Waals surface area contributed by atoms with Crippen molar-refractivity contribution in [3.63, 3.8) is 0 Å². The van der Waals surface area contributed by atoms with Crippen LogP contribution < -0.4 is 5.32 Å². The molecular weight excluding hydrogens is 270 g/mol. The summed E-state index contributed by atoms with van der Waals surface area (Å²) in [6, 6.07) is 12.2. The van der Waals surface area contributed by atoms with Gasteiger partial charge < -0.3 is 10.3 Å². The molecule has 0 saturated carbocycles. The standard InChI is InChI=1S/C14H11N5S/c1-3-11-12(19-20-18-11)7-9(1)8-16-13-4-2-10-5-6-15-14(10)17-13/h1-7H,8H2,(H2,15,16,17). The van der Waals surface area contributed by atoms with Crippen molar-refractivity contribution in [2.45, 2.75) is 6.54 Å². The smallest absolute Gasteiger partial charge is 0.139 e. The Labute approximate surface area is 119 Å². The highest BCUT2D eigenvalue weighted by Gasteiger charge is 2.02. The third kappa shape index (κ3) is 2.00. The van der Waals surface area contributed by atoms with E-state index in [1.165, 1.54) is 17.3 Å². The molecule has 98 valence electrons. The van der Waals surface area contributed by atoms with Crippen LogP contribution in [0.3, 0.4) is 0 Å². The van der Waals surface area contributed by atoms with Crippen molar-refractivity contribution in [2.24, 2.45) is 0 Å². The normalized spacial score (nSPS) is 11.2. The van der Waals surface area contributed by atoms with Gasteiger partial charge in [0.2, 0.25) is 0 Å². The molecule has 20 heavy (non-hydrogen) atoms. The van der Waals surface area contributed by atoms with Gasteiger partial charge in [-0.05, 0) is 35.9 Å². The fourth-order valence-electron chi connectivity index (χ4n) is 2.16. The van der Waals surface area contributed by atoms with E-state index in [4.69, 9.17) is 0 Å². The Morgan fingerprint density at radius 3 is 3.00 bits per heavy atom. The van der Waals surface area contributed by atoms with Crippen molar-refractivity contribution in [3.8, 4) is 0 Å². The van der Waals surface area contributed by atoms with E-state index in [-0.39, 0.29) is 0 Å². The van der Waals surface area contributed by atoms with Crippen molar-refractivity contribution in [2.75, 3.05) is 5.32 Å². The largest absolute Gasteiger partial charge is 0.366 e. The number of hydrogen-bond donors (Lipinski definition) is 2. The lowest BCUT2D eigenvalue weighted by Gasteiger charge is -2.05. The molecule has 3 heterocycles. The molecule has 0 aliphatic heterocycles. The van der Waals surface area contributed by atoms with Crippen LogP contribution in [0.2, 0.25) is 0 Å². The second-order valence-corrected chi connectivity index (χ2v) is 5.08. The number of fused-ring (bicyclic) bond motifs is 2. The van der Waals surface area contributed by atoms with Gasteiger partial charge in [-0.2, -0.15) is 8.75 Å². The molecule has 0 fully saturated rings. The van der Waals surface area contributed by atoms with Crippen LogP contribution in [0.4, 0.5) is 5.82 Å². The summed E-state index contributed by atoms with van der Waals surface area (Å²) in [6.45, 7) is 0.715. The van der Waals surface area contributed by atoms with Gasteiger partial charge in [0.25, 0.3) is 0 Å². The van der Waals surface area contributed by atoms with Crippen LogP contribution in [-0.4, -0.2) is 18.7 Å². The zero-order valence-electron chi connectivity index (χ0n) is 10.5. The summed E-state index contributed by atoms with van der Waals surface area (Å²) >= 11 is 1.24. The maximum Gasteiger partial charge on any atom is 0.139 e. The molecule has 4 rings (SSSR count). The lowest BCUT2D eigenvalue weighted by Crippen LogP contribution is -2.01. The van der Waals surface area contributed by atoms with E-state index in [2.05, 4.69) is 42.2 Å². The molecule has 0 spiro atoms. The number of benzene rings is 1. The Kier molecular flexibility index (Phi) is 2.60. The van der Waals surface area contributed by atoms with E-state index in [0.717, 1.165) is 27.9 Å². The molecule has 0 saturated heterocycles. The summed E-state index contributed by atoms with van der Waals surface area (Å²) in [5.41, 5.74) is 3.96. The van der Waals surface area contributed by atoms with Crippen molar-refractivity contribution in [1.82, 2.24) is 18.7 Å². The second kappa shape index (κ2) is 4.57. The van der Waals surface area contributed by atoms with E-state index in [0.29, 0.717) is 6.54 Å². The summed E-state index contributed by atoms with van der Waals surface area (Å²) in [7, 11) is 0. The maximum atomic E-state index is 4.51. The molecular formula is C14H11N5S. The Balaban J connectivity index is 1.56. The number of pyridine rings is 1. The number of H-pyrrole nitrogens is 1. The van der Waals surface area contributed by atoms with Gasteiger partial charge in [-0.15, -0.1) is 0 Å². The van der Waals surface area contributed by atoms with E-state index in [1.54, 1.807) is 0 Å². The predicted octanol–water partition coefficient (Wildman–Crippen LogP) is 3.18. The van der Waals surface area contributed by atoms with Crippen LogP contribution in [0.15, 0.2) is 42.6 Å². The van der Waals surface area contributed by atoms with Gasteiger partial charge in [-0.3, -0.25) is 0 Å². The number of rotatable bonds is 3. The average molecular weight is 281 g/mol. The van der Waals surface area contributed by atoms with Crippen molar-refractivity contribution in [3.05, 3.63) is 48.2 Å². The molecule has 0 unspecified atom stereocenters. The molecule has 5 nitrogen and oxygen atoms in total. The number of anilines is 1. The van der Waals surface area contributed by atoms with E-state index in [9.17, 15) is 0 Å². The minimum Gasteiger partial charge on any atom is -0.366 e. The molecule has 4 aromatic rings. The molecule has 0 aliphatic rings. The average Bonchev–Trinajstić information content (AvgIpc) is 3.12. The Morgan fingerprint density at radius 2 is 2.00 bits per heavy atom. The minimum atomic E-state index is 0.715. The van der Waals surface area contributed by atoms with Crippen LogP contribution in [-0.2, 0) is 6.54 Å². The van der Waals surface area contributed by atoms with Crippen molar-refractivity contribution < 1.29 is 0 Å². The summed E-state index contributed by atoms with van der Waals surface area (Å²) in [6.07, 6.45) is 1.89. The molecule has 0 atom stereocenters. The quantitative estimate of drug-likeness (QED) is 0.605. The van der Waals surface area contributed by atoms with Crippen LogP contribution >= 0.6 is 11.7 Å². The predicted molar refractivity (Wildman–Crippen MR) is 80.8 cm³/mol. The zero-order valence-corrected chi connectivity index (χ0v) is 11.3. The monoisotopic (exact) mass is 281 g/mol. The fraction of sp³-hybridized carbons (Fsp3) is 0.0714. The van der Waals surface area contributed by atoms with Crippen LogP contribution in [0, 0.1) is 0 Å². The highest BCUT2D eigenvalue weighted by Crippen LogP contribution is 2.16. The topological polar surface area (TPSA) is 66.5 Å². The third-order valence-corrected chi connectivity index (χ3v) is 3.76. The van der Waals surface area contributed by atoms with Crippen LogP contribution in [0.25, 0.3) is 22.1 Å². The number of nitrogens with zero attached hydrogens (tertiary/aromatic N) is 3. The maximum absolute atomic E-state index is 4.51. The van der Waals surface area contributed by atoms with Gasteiger partial charge in [0, 0.05) is 18.1 Å². The second-order valence-electron chi connectivity index (χ2n) is 4.55. The van der Waals surface area contributed by atoms with Crippen molar-refractivity contribution >= 4 is 39.6 Å². The molecule has 3 aromatic heterocycles. The molecule has 1 aromatic carbocycles. The van der Waals surface area contributed by atoms with Gasteiger partial charge in [0.15, 0.2) is 0 Å². The lowest BCUT2D eigenvalue weighted by atomic mass is 10.2. The first-order valence-corrected chi connectivity index (χ1v) is 7.01. The SMILES string of the molecule is c1cc2ccc(NCc3ccc4nsnc4c3)nc2[nH]1. The first kappa shape index (κ1) is 11.4. The first-order valence-electron chi connectivity index (χ1n) is 6.28.